The molecule has 2 rings (SSSR count). The van der Waals surface area contributed by atoms with E-state index in [2.05, 4.69) is 0 Å². The first-order valence-corrected chi connectivity index (χ1v) is 5.71. The number of hydrogen-bond donors (Lipinski definition) is 1. The molecule has 0 spiro atoms. The number of benzene rings is 1. The Morgan fingerprint density at radius 1 is 1.29 bits per heavy atom. The molecule has 0 aliphatic heterocycles. The lowest BCUT2D eigenvalue weighted by molar-refractivity contribution is -0.138. The second kappa shape index (κ2) is 4.18. The van der Waals surface area contributed by atoms with Crippen molar-refractivity contribution in [1.82, 2.24) is 0 Å². The maximum Gasteiger partial charge on any atom is 0.416 e. The van der Waals surface area contributed by atoms with Crippen molar-refractivity contribution in [3.63, 3.8) is 0 Å². The van der Waals surface area contributed by atoms with Crippen LogP contribution >= 0.6 is 11.6 Å². The summed E-state index contributed by atoms with van der Waals surface area (Å²) in [5.74, 6) is 0. The third-order valence-electron chi connectivity index (χ3n) is 3.27. The predicted molar refractivity (Wildman–Crippen MR) is 58.9 cm³/mol. The summed E-state index contributed by atoms with van der Waals surface area (Å²) in [4.78, 5) is 0. The van der Waals surface area contributed by atoms with Crippen molar-refractivity contribution in [2.24, 2.45) is 5.41 Å². The van der Waals surface area contributed by atoms with Crippen molar-refractivity contribution >= 4 is 11.6 Å². The molecule has 1 aromatic carbocycles. The summed E-state index contributed by atoms with van der Waals surface area (Å²) in [6.45, 7) is -0.0878. The van der Waals surface area contributed by atoms with Crippen molar-refractivity contribution in [3.8, 4) is 0 Å². The molecule has 1 aromatic rings. The lowest BCUT2D eigenvalue weighted by Gasteiger charge is -2.18. The summed E-state index contributed by atoms with van der Waals surface area (Å²) in [5.41, 5.74) is -0.969. The van der Waals surface area contributed by atoms with Crippen LogP contribution in [0, 0.1) is 5.41 Å². The number of aliphatic hydroxyl groups excluding tert-OH is 1. The molecule has 0 atom stereocenters. The van der Waals surface area contributed by atoms with Gasteiger partial charge in [-0.1, -0.05) is 17.7 Å². The zero-order chi connectivity index (χ0) is 12.7. The highest BCUT2D eigenvalue weighted by molar-refractivity contribution is 6.31. The molecule has 17 heavy (non-hydrogen) atoms. The molecule has 94 valence electrons. The molecular formula is C12H12ClF3O. The molecular weight excluding hydrogens is 253 g/mol. The molecule has 1 N–H and O–H groups in total. The van der Waals surface area contributed by atoms with Crippen LogP contribution in [0.2, 0.25) is 5.02 Å². The van der Waals surface area contributed by atoms with Crippen molar-refractivity contribution in [1.29, 1.82) is 0 Å². The number of aliphatic hydroxyl groups is 1. The number of halogens is 4. The Morgan fingerprint density at radius 2 is 1.94 bits per heavy atom. The van der Waals surface area contributed by atoms with E-state index in [4.69, 9.17) is 11.6 Å². The highest BCUT2D eigenvalue weighted by Gasteiger charge is 2.44. The SMILES string of the molecule is OCC1(Cc2c(Cl)cccc2C(F)(F)F)CC1. The standard InChI is InChI=1S/C12H12ClF3O/c13-10-3-1-2-9(12(14,15)16)8(10)6-11(7-17)4-5-11/h1-3,17H,4-7H2. The zero-order valence-corrected chi connectivity index (χ0v) is 9.78. The van der Waals surface area contributed by atoms with Crippen molar-refractivity contribution in [2.45, 2.75) is 25.4 Å². The first kappa shape index (κ1) is 12.7. The Morgan fingerprint density at radius 3 is 2.41 bits per heavy atom. The zero-order valence-electron chi connectivity index (χ0n) is 9.02. The van der Waals surface area contributed by atoms with Crippen LogP contribution in [0.25, 0.3) is 0 Å². The lowest BCUT2D eigenvalue weighted by atomic mass is 9.93. The van der Waals surface area contributed by atoms with Gasteiger partial charge in [0.2, 0.25) is 0 Å². The molecule has 1 aliphatic rings. The van der Waals surface area contributed by atoms with Crippen LogP contribution < -0.4 is 0 Å². The van der Waals surface area contributed by atoms with E-state index < -0.39 is 11.7 Å². The monoisotopic (exact) mass is 264 g/mol. The van der Waals surface area contributed by atoms with Crippen LogP contribution in [-0.2, 0) is 12.6 Å². The molecule has 0 radical (unpaired) electrons. The van der Waals surface area contributed by atoms with Crippen LogP contribution in [0.4, 0.5) is 13.2 Å². The van der Waals surface area contributed by atoms with E-state index in [1.54, 1.807) is 0 Å². The van der Waals surface area contributed by atoms with Gasteiger partial charge >= 0.3 is 6.18 Å². The van der Waals surface area contributed by atoms with Gasteiger partial charge in [0, 0.05) is 11.6 Å². The molecule has 5 heteroatoms. The molecule has 1 nitrogen and oxygen atoms in total. The Hall–Kier alpha value is -0.740. The average Bonchev–Trinajstić information content (AvgIpc) is 3.00. The minimum atomic E-state index is -4.40. The molecule has 0 saturated heterocycles. The molecule has 0 bridgehead atoms. The van der Waals surface area contributed by atoms with Gasteiger partial charge in [-0.2, -0.15) is 13.2 Å². The number of alkyl halides is 3. The van der Waals surface area contributed by atoms with Crippen molar-refractivity contribution < 1.29 is 18.3 Å². The van der Waals surface area contributed by atoms with E-state index >= 15 is 0 Å². The molecule has 0 unspecified atom stereocenters. The van der Waals surface area contributed by atoms with E-state index in [-0.39, 0.29) is 29.0 Å². The highest BCUT2D eigenvalue weighted by Crippen LogP contribution is 2.50. The van der Waals surface area contributed by atoms with Gasteiger partial charge in [-0.3, -0.25) is 0 Å². The largest absolute Gasteiger partial charge is 0.416 e. The summed E-state index contributed by atoms with van der Waals surface area (Å²) >= 11 is 5.84. The lowest BCUT2D eigenvalue weighted by Crippen LogP contribution is -2.16. The molecule has 1 saturated carbocycles. The smallest absolute Gasteiger partial charge is 0.396 e. The second-order valence-electron chi connectivity index (χ2n) is 4.60. The Kier molecular flexibility index (Phi) is 3.12. The Bertz CT molecular complexity index is 424. The Balaban J connectivity index is 2.38. The minimum Gasteiger partial charge on any atom is -0.396 e. The number of rotatable bonds is 3. The van der Waals surface area contributed by atoms with Crippen LogP contribution in [0.5, 0.6) is 0 Å². The van der Waals surface area contributed by atoms with Gasteiger partial charge in [0.25, 0.3) is 0 Å². The first-order chi connectivity index (χ1) is 7.88. The first-order valence-electron chi connectivity index (χ1n) is 5.33. The van der Waals surface area contributed by atoms with Crippen LogP contribution in [0.3, 0.4) is 0 Å². The summed E-state index contributed by atoms with van der Waals surface area (Å²) in [6, 6.07) is 3.79. The van der Waals surface area contributed by atoms with E-state index in [1.165, 1.54) is 12.1 Å². The third-order valence-corrected chi connectivity index (χ3v) is 3.62. The van der Waals surface area contributed by atoms with E-state index in [0.29, 0.717) is 0 Å². The molecule has 0 amide bonds. The average molecular weight is 265 g/mol. The maximum absolute atomic E-state index is 12.8. The van der Waals surface area contributed by atoms with Gasteiger partial charge in [0.15, 0.2) is 0 Å². The summed E-state index contributed by atoms with van der Waals surface area (Å²) < 4.78 is 38.4. The van der Waals surface area contributed by atoms with Crippen molar-refractivity contribution in [2.75, 3.05) is 6.61 Å². The van der Waals surface area contributed by atoms with Gasteiger partial charge in [-0.15, -0.1) is 0 Å². The predicted octanol–water partition coefficient (Wildman–Crippen LogP) is 3.67. The second-order valence-corrected chi connectivity index (χ2v) is 5.01. The normalized spacial score (nSPS) is 18.2. The summed E-state index contributed by atoms with van der Waals surface area (Å²) in [5, 5.41) is 9.30. The fraction of sp³-hybridized carbons (Fsp3) is 0.500. The minimum absolute atomic E-state index is 0.0878. The topological polar surface area (TPSA) is 20.2 Å². The summed E-state index contributed by atoms with van der Waals surface area (Å²) in [7, 11) is 0. The quantitative estimate of drug-likeness (QED) is 0.883. The third kappa shape index (κ3) is 2.58. The van der Waals surface area contributed by atoms with Gasteiger partial charge in [0.1, 0.15) is 0 Å². The van der Waals surface area contributed by atoms with Crippen LogP contribution in [0.1, 0.15) is 24.0 Å². The van der Waals surface area contributed by atoms with Crippen LogP contribution in [0.15, 0.2) is 18.2 Å². The molecule has 0 aromatic heterocycles. The Labute approximate surface area is 102 Å². The highest BCUT2D eigenvalue weighted by atomic mass is 35.5. The van der Waals surface area contributed by atoms with Crippen molar-refractivity contribution in [3.05, 3.63) is 34.3 Å². The van der Waals surface area contributed by atoms with Crippen LogP contribution in [-0.4, -0.2) is 11.7 Å². The molecule has 0 heterocycles. The van der Waals surface area contributed by atoms with E-state index in [9.17, 15) is 18.3 Å². The summed E-state index contributed by atoms with van der Waals surface area (Å²) in [6.07, 6.45) is -2.69. The van der Waals surface area contributed by atoms with E-state index in [0.717, 1.165) is 18.9 Å². The van der Waals surface area contributed by atoms with Gasteiger partial charge in [0.05, 0.1) is 5.56 Å². The maximum atomic E-state index is 12.8. The fourth-order valence-electron chi connectivity index (χ4n) is 1.95. The van der Waals surface area contributed by atoms with Gasteiger partial charge < -0.3 is 5.11 Å². The molecule has 1 aliphatic carbocycles. The number of hydrogen-bond acceptors (Lipinski definition) is 1. The molecule has 1 fully saturated rings. The van der Waals surface area contributed by atoms with E-state index in [1.807, 2.05) is 0 Å². The van der Waals surface area contributed by atoms with Gasteiger partial charge in [-0.05, 0) is 42.4 Å². The fourth-order valence-corrected chi connectivity index (χ4v) is 2.19. The van der Waals surface area contributed by atoms with Gasteiger partial charge in [-0.25, -0.2) is 0 Å².